The lowest BCUT2D eigenvalue weighted by Gasteiger charge is -2.29. The minimum atomic E-state index is 0.578. The fourth-order valence-electron chi connectivity index (χ4n) is 3.00. The van der Waals surface area contributed by atoms with Crippen molar-refractivity contribution < 1.29 is 14.2 Å². The summed E-state index contributed by atoms with van der Waals surface area (Å²) in [5.74, 6) is 1.42. The van der Waals surface area contributed by atoms with Gasteiger partial charge in [0.25, 0.3) is 0 Å². The second kappa shape index (κ2) is 8.84. The zero-order valence-electron chi connectivity index (χ0n) is 14.9. The number of benzene rings is 2. The van der Waals surface area contributed by atoms with Crippen LogP contribution in [0.25, 0.3) is 0 Å². The average molecular weight is 442 g/mol. The summed E-state index contributed by atoms with van der Waals surface area (Å²) in [5, 5.41) is 4.14. The molecule has 0 unspecified atom stereocenters. The quantitative estimate of drug-likeness (QED) is 0.711. The summed E-state index contributed by atoms with van der Waals surface area (Å²) in [6, 6.07) is 9.87. The van der Waals surface area contributed by atoms with Gasteiger partial charge in [-0.15, -0.1) is 0 Å². The molecule has 2 aromatic rings. The van der Waals surface area contributed by atoms with Crippen LogP contribution in [-0.4, -0.2) is 40.5 Å². The summed E-state index contributed by atoms with van der Waals surface area (Å²) < 4.78 is 17.3. The van der Waals surface area contributed by atoms with Crippen molar-refractivity contribution in [2.24, 2.45) is 0 Å². The van der Waals surface area contributed by atoms with Gasteiger partial charge in [0.15, 0.2) is 11.5 Å². The molecule has 140 valence electrons. The van der Waals surface area contributed by atoms with Gasteiger partial charge in [0.1, 0.15) is 0 Å². The number of anilines is 2. The van der Waals surface area contributed by atoms with Crippen LogP contribution < -0.4 is 19.7 Å². The highest BCUT2D eigenvalue weighted by Crippen LogP contribution is 2.37. The summed E-state index contributed by atoms with van der Waals surface area (Å²) >= 11 is 10.1. The number of halogens is 2. The molecule has 5 nitrogen and oxygen atoms in total. The van der Waals surface area contributed by atoms with Crippen LogP contribution in [0.1, 0.15) is 5.56 Å². The van der Waals surface area contributed by atoms with Gasteiger partial charge in [-0.1, -0.05) is 27.5 Å². The average Bonchev–Trinajstić information content (AvgIpc) is 2.67. The van der Waals surface area contributed by atoms with Crippen molar-refractivity contribution in [2.75, 3.05) is 50.7 Å². The van der Waals surface area contributed by atoms with Crippen LogP contribution in [0.5, 0.6) is 11.5 Å². The Morgan fingerprint density at radius 3 is 2.58 bits per heavy atom. The molecule has 0 aromatic heterocycles. The molecule has 0 spiro atoms. The molecular weight excluding hydrogens is 420 g/mol. The van der Waals surface area contributed by atoms with Gasteiger partial charge >= 0.3 is 0 Å². The number of ether oxygens (including phenoxy) is 3. The SMILES string of the molecule is COc1ccc(Br)c(CNc2ccc(N3CCOCC3)c(Cl)c2)c1OC. The van der Waals surface area contributed by atoms with Gasteiger partial charge in [-0.3, -0.25) is 0 Å². The van der Waals surface area contributed by atoms with Crippen molar-refractivity contribution in [2.45, 2.75) is 6.54 Å². The van der Waals surface area contributed by atoms with E-state index in [0.717, 1.165) is 52.7 Å². The highest BCUT2D eigenvalue weighted by molar-refractivity contribution is 9.10. The molecule has 1 saturated heterocycles. The van der Waals surface area contributed by atoms with Crippen LogP contribution in [-0.2, 0) is 11.3 Å². The van der Waals surface area contributed by atoms with E-state index in [4.69, 9.17) is 25.8 Å². The van der Waals surface area contributed by atoms with E-state index in [1.807, 2.05) is 30.3 Å². The molecule has 0 atom stereocenters. The standard InChI is InChI=1S/C19H22BrClN2O3/c1-24-18-6-4-15(20)14(19(18)25-2)12-22-13-3-5-17(16(21)11-13)23-7-9-26-10-8-23/h3-6,11,22H,7-10,12H2,1-2H3. The van der Waals surface area contributed by atoms with E-state index < -0.39 is 0 Å². The Labute approximate surface area is 167 Å². The van der Waals surface area contributed by atoms with Crippen LogP contribution >= 0.6 is 27.5 Å². The molecule has 1 heterocycles. The minimum absolute atomic E-state index is 0.578. The summed E-state index contributed by atoms with van der Waals surface area (Å²) in [4.78, 5) is 2.25. The molecule has 1 aliphatic rings. The lowest BCUT2D eigenvalue weighted by molar-refractivity contribution is 0.122. The lowest BCUT2D eigenvalue weighted by atomic mass is 10.1. The van der Waals surface area contributed by atoms with Crippen molar-refractivity contribution in [1.29, 1.82) is 0 Å². The third-order valence-electron chi connectivity index (χ3n) is 4.36. The Balaban J connectivity index is 1.75. The van der Waals surface area contributed by atoms with Gasteiger partial charge < -0.3 is 24.4 Å². The highest BCUT2D eigenvalue weighted by atomic mass is 79.9. The number of rotatable bonds is 6. The Kier molecular flexibility index (Phi) is 6.51. The summed E-state index contributed by atoms with van der Waals surface area (Å²) in [6.45, 7) is 3.77. The first-order chi connectivity index (χ1) is 12.6. The van der Waals surface area contributed by atoms with Crippen molar-refractivity contribution in [3.05, 3.63) is 45.4 Å². The van der Waals surface area contributed by atoms with Gasteiger partial charge in [0, 0.05) is 35.4 Å². The van der Waals surface area contributed by atoms with Crippen molar-refractivity contribution in [3.8, 4) is 11.5 Å². The maximum absolute atomic E-state index is 6.51. The maximum atomic E-state index is 6.51. The molecule has 0 bridgehead atoms. The Morgan fingerprint density at radius 1 is 1.15 bits per heavy atom. The molecule has 1 N–H and O–H groups in total. The molecule has 1 fully saturated rings. The Morgan fingerprint density at radius 2 is 1.92 bits per heavy atom. The van der Waals surface area contributed by atoms with Gasteiger partial charge in [-0.25, -0.2) is 0 Å². The van der Waals surface area contributed by atoms with E-state index in [1.54, 1.807) is 14.2 Å². The molecule has 0 aliphatic carbocycles. The zero-order chi connectivity index (χ0) is 18.5. The molecule has 2 aromatic carbocycles. The van der Waals surface area contributed by atoms with E-state index in [1.165, 1.54) is 0 Å². The molecule has 26 heavy (non-hydrogen) atoms. The minimum Gasteiger partial charge on any atom is -0.493 e. The maximum Gasteiger partial charge on any atom is 0.166 e. The monoisotopic (exact) mass is 440 g/mol. The number of morpholine rings is 1. The largest absolute Gasteiger partial charge is 0.493 e. The lowest BCUT2D eigenvalue weighted by Crippen LogP contribution is -2.36. The molecule has 1 aliphatic heterocycles. The van der Waals surface area contributed by atoms with Crippen LogP contribution in [0.4, 0.5) is 11.4 Å². The van der Waals surface area contributed by atoms with Crippen LogP contribution in [0.15, 0.2) is 34.8 Å². The fraction of sp³-hybridized carbons (Fsp3) is 0.368. The second-order valence-electron chi connectivity index (χ2n) is 5.88. The van der Waals surface area contributed by atoms with Gasteiger partial charge in [-0.2, -0.15) is 0 Å². The van der Waals surface area contributed by atoms with Crippen LogP contribution in [0.2, 0.25) is 5.02 Å². The summed E-state index contributed by atoms with van der Waals surface area (Å²) in [5.41, 5.74) is 2.98. The third-order valence-corrected chi connectivity index (χ3v) is 5.41. The molecule has 3 rings (SSSR count). The second-order valence-corrected chi connectivity index (χ2v) is 7.14. The molecule has 7 heteroatoms. The Hall–Kier alpha value is -1.63. The topological polar surface area (TPSA) is 43.0 Å². The predicted octanol–water partition coefficient (Wildman–Crippen LogP) is 4.57. The summed E-state index contributed by atoms with van der Waals surface area (Å²) in [6.07, 6.45) is 0. The Bertz CT molecular complexity index is 767. The molecule has 0 radical (unpaired) electrons. The molecule has 0 saturated carbocycles. The fourth-order valence-corrected chi connectivity index (χ4v) is 3.75. The predicted molar refractivity (Wildman–Crippen MR) is 109 cm³/mol. The third kappa shape index (κ3) is 4.19. The van der Waals surface area contributed by atoms with E-state index in [2.05, 4.69) is 26.1 Å². The van der Waals surface area contributed by atoms with E-state index >= 15 is 0 Å². The zero-order valence-corrected chi connectivity index (χ0v) is 17.2. The molecule has 0 amide bonds. The van der Waals surface area contributed by atoms with Gasteiger partial charge in [0.05, 0.1) is 38.1 Å². The van der Waals surface area contributed by atoms with E-state index in [-0.39, 0.29) is 0 Å². The van der Waals surface area contributed by atoms with Crippen molar-refractivity contribution in [3.63, 3.8) is 0 Å². The van der Waals surface area contributed by atoms with Gasteiger partial charge in [0.2, 0.25) is 0 Å². The smallest absolute Gasteiger partial charge is 0.166 e. The first-order valence-electron chi connectivity index (χ1n) is 8.39. The summed E-state index contributed by atoms with van der Waals surface area (Å²) in [7, 11) is 3.27. The number of hydrogen-bond donors (Lipinski definition) is 1. The van der Waals surface area contributed by atoms with Crippen LogP contribution in [0.3, 0.4) is 0 Å². The number of nitrogens with one attached hydrogen (secondary N) is 1. The van der Waals surface area contributed by atoms with Crippen LogP contribution in [0, 0.1) is 0 Å². The number of nitrogens with zero attached hydrogens (tertiary/aromatic N) is 1. The van der Waals surface area contributed by atoms with Gasteiger partial charge in [-0.05, 0) is 30.3 Å². The first kappa shape index (κ1) is 19.1. The number of hydrogen-bond acceptors (Lipinski definition) is 5. The number of methoxy groups -OCH3 is 2. The molecular formula is C19H22BrClN2O3. The highest BCUT2D eigenvalue weighted by Gasteiger charge is 2.16. The van der Waals surface area contributed by atoms with E-state index in [0.29, 0.717) is 18.0 Å². The van der Waals surface area contributed by atoms with E-state index in [9.17, 15) is 0 Å². The first-order valence-corrected chi connectivity index (χ1v) is 9.56. The normalized spacial score (nSPS) is 14.2. The van der Waals surface area contributed by atoms with Crippen molar-refractivity contribution in [1.82, 2.24) is 0 Å². The van der Waals surface area contributed by atoms with Crippen molar-refractivity contribution >= 4 is 38.9 Å².